The van der Waals surface area contributed by atoms with Crippen molar-refractivity contribution in [2.75, 3.05) is 11.2 Å². The van der Waals surface area contributed by atoms with Gasteiger partial charge < -0.3 is 4.90 Å². The number of hydrogen-bond donors (Lipinski definition) is 0. The number of sulfone groups is 1. The van der Waals surface area contributed by atoms with Gasteiger partial charge in [0.05, 0.1) is 22.8 Å². The Bertz CT molecular complexity index is 1210. The Morgan fingerprint density at radius 1 is 0.806 bits per heavy atom. The van der Waals surface area contributed by atoms with Crippen LogP contribution in [0.5, 0.6) is 0 Å². The zero-order chi connectivity index (χ0) is 21.8. The molecule has 1 aromatic carbocycles. The summed E-state index contributed by atoms with van der Waals surface area (Å²) >= 11 is 6.03. The number of hydrogen-bond acceptors (Lipinski definition) is 6. The van der Waals surface area contributed by atoms with Gasteiger partial charge in [0.25, 0.3) is 0 Å². The van der Waals surface area contributed by atoms with Crippen LogP contribution in [0.1, 0.15) is 17.2 Å². The third-order valence-corrected chi connectivity index (χ3v) is 6.14. The van der Waals surface area contributed by atoms with Crippen molar-refractivity contribution in [2.45, 2.75) is 10.9 Å². The van der Waals surface area contributed by atoms with Gasteiger partial charge in [-0.3, -0.25) is 9.97 Å². The first-order valence-corrected chi connectivity index (χ1v) is 11.7. The fraction of sp³-hybridized carbons (Fsp3) is 0.0870. The molecule has 0 aliphatic heterocycles. The van der Waals surface area contributed by atoms with Crippen molar-refractivity contribution in [3.8, 4) is 0 Å². The minimum absolute atomic E-state index is 0.254. The summed E-state index contributed by atoms with van der Waals surface area (Å²) in [4.78, 5) is 15.2. The summed E-state index contributed by atoms with van der Waals surface area (Å²) in [5.74, 6) is 0. The second-order valence-electron chi connectivity index (χ2n) is 6.95. The Morgan fingerprint density at radius 3 is 1.84 bits per heavy atom. The lowest BCUT2D eigenvalue weighted by Gasteiger charge is -2.34. The van der Waals surface area contributed by atoms with Crippen molar-refractivity contribution >= 4 is 32.8 Å². The first-order chi connectivity index (χ1) is 14.9. The van der Waals surface area contributed by atoms with Gasteiger partial charge in [0, 0.05) is 36.7 Å². The molecule has 31 heavy (non-hydrogen) atoms. The molecule has 6 nitrogen and oxygen atoms in total. The fourth-order valence-corrected chi connectivity index (χ4v) is 4.12. The maximum absolute atomic E-state index is 11.9. The van der Waals surface area contributed by atoms with Gasteiger partial charge in [-0.1, -0.05) is 23.7 Å². The van der Waals surface area contributed by atoms with E-state index < -0.39 is 9.84 Å². The topological polar surface area (TPSA) is 76.1 Å². The van der Waals surface area contributed by atoms with E-state index in [1.54, 1.807) is 61.3 Å². The van der Waals surface area contributed by atoms with Crippen molar-refractivity contribution in [1.82, 2.24) is 15.0 Å². The zero-order valence-corrected chi connectivity index (χ0v) is 18.2. The van der Waals surface area contributed by atoms with Crippen LogP contribution in [0, 0.1) is 0 Å². The van der Waals surface area contributed by atoms with Crippen molar-refractivity contribution < 1.29 is 8.42 Å². The van der Waals surface area contributed by atoms with Crippen LogP contribution in [0.15, 0.2) is 96.5 Å². The number of rotatable bonds is 6. The smallest absolute Gasteiger partial charge is 0.175 e. The van der Waals surface area contributed by atoms with E-state index >= 15 is 0 Å². The van der Waals surface area contributed by atoms with E-state index in [1.807, 2.05) is 30.3 Å². The van der Waals surface area contributed by atoms with Crippen molar-refractivity contribution in [2.24, 2.45) is 0 Å². The normalized spacial score (nSPS) is 11.5. The number of anilines is 2. The number of benzene rings is 1. The maximum Gasteiger partial charge on any atom is 0.175 e. The molecule has 4 aromatic rings. The molecule has 156 valence electrons. The summed E-state index contributed by atoms with van der Waals surface area (Å²) in [6.45, 7) is 0. The standard InChI is InChI=1S/C23H19ClN4O2S/c1-31(29,30)21-9-6-19(7-10-21)28(20-8-11-22(24)27-16-20)23(17-4-2-12-25-14-17)18-5-3-13-26-15-18/h2-16,23H,1H3. The second kappa shape index (κ2) is 8.83. The summed E-state index contributed by atoms with van der Waals surface area (Å²) in [5, 5.41) is 0.385. The van der Waals surface area contributed by atoms with E-state index in [-0.39, 0.29) is 10.9 Å². The van der Waals surface area contributed by atoms with Crippen LogP contribution in [-0.2, 0) is 9.84 Å². The number of nitrogens with zero attached hydrogens (tertiary/aromatic N) is 4. The molecule has 0 fully saturated rings. The van der Waals surface area contributed by atoms with Gasteiger partial charge in [0.2, 0.25) is 0 Å². The van der Waals surface area contributed by atoms with Crippen LogP contribution in [0.2, 0.25) is 5.15 Å². The van der Waals surface area contributed by atoms with E-state index in [4.69, 9.17) is 11.6 Å². The van der Waals surface area contributed by atoms with Gasteiger partial charge in [-0.05, 0) is 59.7 Å². The van der Waals surface area contributed by atoms with E-state index in [1.165, 1.54) is 6.26 Å². The fourth-order valence-electron chi connectivity index (χ4n) is 3.38. The SMILES string of the molecule is CS(=O)(=O)c1ccc(N(c2ccc(Cl)nc2)C(c2cccnc2)c2cccnc2)cc1. The molecule has 0 N–H and O–H groups in total. The molecule has 0 bridgehead atoms. The first-order valence-electron chi connectivity index (χ1n) is 9.44. The average Bonchev–Trinajstić information content (AvgIpc) is 2.79. The summed E-state index contributed by atoms with van der Waals surface area (Å²) < 4.78 is 23.9. The van der Waals surface area contributed by atoms with Crippen LogP contribution < -0.4 is 4.90 Å². The lowest BCUT2D eigenvalue weighted by molar-refractivity contribution is 0.602. The Balaban J connectivity index is 1.92. The molecule has 8 heteroatoms. The predicted molar refractivity (Wildman–Crippen MR) is 121 cm³/mol. The molecule has 3 aromatic heterocycles. The molecule has 3 heterocycles. The van der Waals surface area contributed by atoms with Crippen LogP contribution in [0.3, 0.4) is 0 Å². The molecule has 0 spiro atoms. The Kier molecular flexibility index (Phi) is 5.97. The van der Waals surface area contributed by atoms with Crippen LogP contribution in [0.4, 0.5) is 11.4 Å². The number of pyridine rings is 3. The zero-order valence-electron chi connectivity index (χ0n) is 16.6. The average molecular weight is 451 g/mol. The quantitative estimate of drug-likeness (QED) is 0.390. The van der Waals surface area contributed by atoms with Gasteiger partial charge >= 0.3 is 0 Å². The Hall–Kier alpha value is -3.29. The molecule has 4 rings (SSSR count). The van der Waals surface area contributed by atoms with E-state index in [0.717, 1.165) is 22.5 Å². The van der Waals surface area contributed by atoms with E-state index in [2.05, 4.69) is 19.9 Å². The second-order valence-corrected chi connectivity index (χ2v) is 9.35. The molecule has 0 saturated heterocycles. The summed E-state index contributed by atoms with van der Waals surface area (Å²) in [7, 11) is -3.31. The highest BCUT2D eigenvalue weighted by atomic mass is 35.5. The van der Waals surface area contributed by atoms with Gasteiger partial charge in [-0.25, -0.2) is 13.4 Å². The minimum atomic E-state index is -3.31. The molecule has 0 unspecified atom stereocenters. The summed E-state index contributed by atoms with van der Waals surface area (Å²) in [6, 6.07) is 17.8. The van der Waals surface area contributed by atoms with Crippen molar-refractivity contribution in [3.05, 3.63) is 108 Å². The molecule has 0 saturated carbocycles. The largest absolute Gasteiger partial charge is 0.328 e. The molecule has 0 radical (unpaired) electrons. The first kappa shape index (κ1) is 21.0. The summed E-state index contributed by atoms with van der Waals surface area (Å²) in [5.41, 5.74) is 3.46. The Labute approximate surface area is 186 Å². The van der Waals surface area contributed by atoms with Crippen LogP contribution >= 0.6 is 11.6 Å². The van der Waals surface area contributed by atoms with Crippen LogP contribution in [-0.4, -0.2) is 29.6 Å². The van der Waals surface area contributed by atoms with Crippen molar-refractivity contribution in [3.63, 3.8) is 0 Å². The highest BCUT2D eigenvalue weighted by Gasteiger charge is 2.25. The number of halogens is 1. The molecular formula is C23H19ClN4O2S. The van der Waals surface area contributed by atoms with Crippen molar-refractivity contribution in [1.29, 1.82) is 0 Å². The third-order valence-electron chi connectivity index (χ3n) is 4.79. The molecule has 0 aliphatic rings. The minimum Gasteiger partial charge on any atom is -0.328 e. The van der Waals surface area contributed by atoms with Crippen LogP contribution in [0.25, 0.3) is 0 Å². The summed E-state index contributed by atoms with van der Waals surface area (Å²) in [6.07, 6.45) is 9.93. The van der Waals surface area contributed by atoms with Gasteiger partial charge in [-0.15, -0.1) is 0 Å². The molecule has 0 atom stereocenters. The highest BCUT2D eigenvalue weighted by Crippen LogP contribution is 2.39. The maximum atomic E-state index is 11.9. The van der Waals surface area contributed by atoms with E-state index in [0.29, 0.717) is 5.15 Å². The monoisotopic (exact) mass is 450 g/mol. The highest BCUT2D eigenvalue weighted by molar-refractivity contribution is 7.90. The number of aromatic nitrogens is 3. The predicted octanol–water partition coefficient (Wildman–Crippen LogP) is 4.86. The lowest BCUT2D eigenvalue weighted by atomic mass is 9.98. The molecular weight excluding hydrogens is 432 g/mol. The van der Waals surface area contributed by atoms with Gasteiger partial charge in [-0.2, -0.15) is 0 Å². The van der Waals surface area contributed by atoms with E-state index in [9.17, 15) is 8.42 Å². The third kappa shape index (κ3) is 4.73. The molecule has 0 aliphatic carbocycles. The molecule has 0 amide bonds. The van der Waals surface area contributed by atoms with Gasteiger partial charge in [0.1, 0.15) is 5.15 Å². The lowest BCUT2D eigenvalue weighted by Crippen LogP contribution is -2.25. The van der Waals surface area contributed by atoms with Gasteiger partial charge in [0.15, 0.2) is 9.84 Å². The Morgan fingerprint density at radius 2 is 1.39 bits per heavy atom.